The predicted molar refractivity (Wildman–Crippen MR) is 81.6 cm³/mol. The topological polar surface area (TPSA) is 58.6 Å². The minimum atomic E-state index is -0.403. The van der Waals surface area contributed by atoms with Gasteiger partial charge in [-0.2, -0.15) is 0 Å². The van der Waals surface area contributed by atoms with E-state index in [-0.39, 0.29) is 6.03 Å². The third kappa shape index (κ3) is 3.97. The Labute approximate surface area is 125 Å². The Balaban J connectivity index is 2.10. The minimum absolute atomic E-state index is 0.0954. The lowest BCUT2D eigenvalue weighted by molar-refractivity contribution is 0.0600. The quantitative estimate of drug-likeness (QED) is 0.851. The van der Waals surface area contributed by atoms with Crippen LogP contribution in [-0.2, 0) is 4.74 Å². The first-order valence-corrected chi connectivity index (χ1v) is 7.36. The van der Waals surface area contributed by atoms with Gasteiger partial charge in [-0.3, -0.25) is 0 Å². The zero-order valence-corrected chi connectivity index (χ0v) is 12.6. The first-order valence-electron chi connectivity index (χ1n) is 7.36. The molecule has 0 aromatic heterocycles. The van der Waals surface area contributed by atoms with Crippen LogP contribution < -0.4 is 5.32 Å². The van der Waals surface area contributed by atoms with E-state index < -0.39 is 5.97 Å². The van der Waals surface area contributed by atoms with Gasteiger partial charge < -0.3 is 15.0 Å². The van der Waals surface area contributed by atoms with Gasteiger partial charge in [-0.05, 0) is 37.5 Å². The molecule has 1 fully saturated rings. The Morgan fingerprint density at radius 2 is 1.81 bits per heavy atom. The van der Waals surface area contributed by atoms with Crippen molar-refractivity contribution < 1.29 is 14.3 Å². The molecule has 0 unspecified atom stereocenters. The molecule has 1 saturated heterocycles. The number of amides is 2. The van der Waals surface area contributed by atoms with Crippen molar-refractivity contribution in [1.29, 1.82) is 0 Å². The van der Waals surface area contributed by atoms with Crippen molar-refractivity contribution in [2.45, 2.75) is 32.6 Å². The number of benzene rings is 1. The maximum absolute atomic E-state index is 12.3. The number of hydrogen-bond donors (Lipinski definition) is 1. The molecule has 1 aliphatic rings. The molecular weight excluding hydrogens is 268 g/mol. The van der Waals surface area contributed by atoms with Gasteiger partial charge >= 0.3 is 12.0 Å². The van der Waals surface area contributed by atoms with Crippen molar-refractivity contribution in [3.63, 3.8) is 0 Å². The lowest BCUT2D eigenvalue weighted by Crippen LogP contribution is -2.35. The van der Waals surface area contributed by atoms with E-state index >= 15 is 0 Å². The maximum atomic E-state index is 12.3. The Morgan fingerprint density at radius 1 is 1.14 bits per heavy atom. The Morgan fingerprint density at radius 3 is 2.43 bits per heavy atom. The molecule has 2 rings (SSSR count). The molecule has 5 heteroatoms. The molecule has 1 aromatic carbocycles. The molecule has 5 nitrogen and oxygen atoms in total. The molecule has 0 spiro atoms. The largest absolute Gasteiger partial charge is 0.465 e. The zero-order chi connectivity index (χ0) is 15.2. The summed E-state index contributed by atoms with van der Waals surface area (Å²) < 4.78 is 4.71. The first-order chi connectivity index (χ1) is 10.1. The van der Waals surface area contributed by atoms with Gasteiger partial charge in [-0.1, -0.05) is 18.9 Å². The Hall–Kier alpha value is -2.04. The molecule has 21 heavy (non-hydrogen) atoms. The molecule has 1 aromatic rings. The SMILES string of the molecule is COC(=O)c1ccc(C)c(NC(=O)N2CCCCCC2)c1. The fourth-order valence-electron chi connectivity index (χ4n) is 2.47. The monoisotopic (exact) mass is 290 g/mol. The number of carbonyl (C=O) groups excluding carboxylic acids is 2. The predicted octanol–water partition coefficient (Wildman–Crippen LogP) is 3.19. The van der Waals surface area contributed by atoms with Gasteiger partial charge in [0, 0.05) is 18.8 Å². The van der Waals surface area contributed by atoms with Gasteiger partial charge in [-0.15, -0.1) is 0 Å². The van der Waals surface area contributed by atoms with Crippen molar-refractivity contribution in [1.82, 2.24) is 4.90 Å². The fraction of sp³-hybridized carbons (Fsp3) is 0.500. The van der Waals surface area contributed by atoms with Gasteiger partial charge in [0.25, 0.3) is 0 Å². The summed E-state index contributed by atoms with van der Waals surface area (Å²) in [4.78, 5) is 25.7. The molecule has 114 valence electrons. The zero-order valence-electron chi connectivity index (χ0n) is 12.6. The van der Waals surface area contributed by atoms with Crippen LogP contribution in [-0.4, -0.2) is 37.1 Å². The number of esters is 1. The van der Waals surface area contributed by atoms with E-state index in [2.05, 4.69) is 5.32 Å². The molecule has 0 aliphatic carbocycles. The molecule has 0 saturated carbocycles. The number of likely N-dealkylation sites (tertiary alicyclic amines) is 1. The molecule has 1 N–H and O–H groups in total. The number of hydrogen-bond acceptors (Lipinski definition) is 3. The van der Waals surface area contributed by atoms with Gasteiger partial charge in [0.15, 0.2) is 0 Å². The number of anilines is 1. The van der Waals surface area contributed by atoms with Crippen LogP contribution in [0.1, 0.15) is 41.6 Å². The molecule has 2 amide bonds. The van der Waals surface area contributed by atoms with Crippen LogP contribution >= 0.6 is 0 Å². The lowest BCUT2D eigenvalue weighted by Gasteiger charge is -2.21. The minimum Gasteiger partial charge on any atom is -0.465 e. The number of aryl methyl sites for hydroxylation is 1. The van der Waals surface area contributed by atoms with Gasteiger partial charge in [0.1, 0.15) is 0 Å². The molecule has 1 aliphatic heterocycles. The molecule has 1 heterocycles. The number of rotatable bonds is 2. The summed E-state index contributed by atoms with van der Waals surface area (Å²) in [6, 6.07) is 5.08. The van der Waals surface area contributed by atoms with Crippen LogP contribution in [0.3, 0.4) is 0 Å². The molecule has 0 bridgehead atoms. The number of carbonyl (C=O) groups is 2. The van der Waals surface area contributed by atoms with Gasteiger partial charge in [-0.25, -0.2) is 9.59 Å². The highest BCUT2D eigenvalue weighted by atomic mass is 16.5. The number of methoxy groups -OCH3 is 1. The summed E-state index contributed by atoms with van der Waals surface area (Å²) in [7, 11) is 1.34. The van der Waals surface area contributed by atoms with Crippen LogP contribution in [0.2, 0.25) is 0 Å². The number of nitrogens with zero attached hydrogens (tertiary/aromatic N) is 1. The fourth-order valence-corrected chi connectivity index (χ4v) is 2.47. The van der Waals surface area contributed by atoms with Crippen molar-refractivity contribution >= 4 is 17.7 Å². The summed E-state index contributed by atoms with van der Waals surface area (Å²) in [6.45, 7) is 3.49. The van der Waals surface area contributed by atoms with Gasteiger partial charge in [0.2, 0.25) is 0 Å². The van der Waals surface area contributed by atoms with Crippen molar-refractivity contribution in [3.8, 4) is 0 Å². The number of urea groups is 1. The normalized spacial score (nSPS) is 15.2. The smallest absolute Gasteiger partial charge is 0.337 e. The summed E-state index contributed by atoms with van der Waals surface area (Å²) in [5.41, 5.74) is 2.02. The van der Waals surface area contributed by atoms with Crippen LogP contribution in [0, 0.1) is 6.92 Å². The van der Waals surface area contributed by atoms with Crippen LogP contribution in [0.25, 0.3) is 0 Å². The molecular formula is C16H22N2O3. The number of nitrogens with one attached hydrogen (secondary N) is 1. The average molecular weight is 290 g/mol. The average Bonchev–Trinajstić information content (AvgIpc) is 2.77. The summed E-state index contributed by atoms with van der Waals surface area (Å²) in [5, 5.41) is 2.91. The van der Waals surface area contributed by atoms with Crippen molar-refractivity contribution in [2.75, 3.05) is 25.5 Å². The Kier molecular flexibility index (Phi) is 5.20. The van der Waals surface area contributed by atoms with Gasteiger partial charge in [0.05, 0.1) is 12.7 Å². The van der Waals surface area contributed by atoms with E-state index in [0.29, 0.717) is 11.3 Å². The summed E-state index contributed by atoms with van der Waals surface area (Å²) in [6.07, 6.45) is 4.46. The second kappa shape index (κ2) is 7.11. The Bertz CT molecular complexity index is 520. The van der Waals surface area contributed by atoms with Crippen molar-refractivity contribution in [2.24, 2.45) is 0 Å². The third-order valence-electron chi connectivity index (χ3n) is 3.79. The van der Waals surface area contributed by atoms with E-state index in [1.165, 1.54) is 20.0 Å². The van der Waals surface area contributed by atoms with Crippen LogP contribution in [0.15, 0.2) is 18.2 Å². The highest BCUT2D eigenvalue weighted by Gasteiger charge is 2.17. The first kappa shape index (κ1) is 15.4. The standard InChI is InChI=1S/C16H22N2O3/c1-12-7-8-13(15(19)21-2)11-14(12)17-16(20)18-9-5-3-4-6-10-18/h7-8,11H,3-6,9-10H2,1-2H3,(H,17,20). The van der Waals surface area contributed by atoms with Crippen molar-refractivity contribution in [3.05, 3.63) is 29.3 Å². The summed E-state index contributed by atoms with van der Waals surface area (Å²) in [5.74, 6) is -0.403. The van der Waals surface area contributed by atoms with Crippen LogP contribution in [0.4, 0.5) is 10.5 Å². The highest BCUT2D eigenvalue weighted by Crippen LogP contribution is 2.19. The second-order valence-electron chi connectivity index (χ2n) is 5.35. The van der Waals surface area contributed by atoms with Crippen LogP contribution in [0.5, 0.6) is 0 Å². The second-order valence-corrected chi connectivity index (χ2v) is 5.35. The molecule has 0 atom stereocenters. The third-order valence-corrected chi connectivity index (χ3v) is 3.79. The maximum Gasteiger partial charge on any atom is 0.337 e. The van der Waals surface area contributed by atoms with E-state index in [1.807, 2.05) is 17.9 Å². The van der Waals surface area contributed by atoms with E-state index in [0.717, 1.165) is 31.5 Å². The van der Waals surface area contributed by atoms with E-state index in [4.69, 9.17) is 4.74 Å². The number of ether oxygens (including phenoxy) is 1. The van der Waals surface area contributed by atoms with E-state index in [9.17, 15) is 9.59 Å². The molecule has 0 radical (unpaired) electrons. The highest BCUT2D eigenvalue weighted by molar-refractivity contribution is 5.94. The lowest BCUT2D eigenvalue weighted by atomic mass is 10.1. The summed E-state index contributed by atoms with van der Waals surface area (Å²) >= 11 is 0. The van der Waals surface area contributed by atoms with E-state index in [1.54, 1.807) is 12.1 Å².